The van der Waals surface area contributed by atoms with Crippen LogP contribution in [0.1, 0.15) is 5.56 Å². The summed E-state index contributed by atoms with van der Waals surface area (Å²) in [6.45, 7) is 1.87. The van der Waals surface area contributed by atoms with Crippen molar-refractivity contribution in [3.8, 4) is 33.8 Å². The molecular formula is C25H18FN7. The van der Waals surface area contributed by atoms with E-state index in [4.69, 9.17) is 5.73 Å². The summed E-state index contributed by atoms with van der Waals surface area (Å²) in [5, 5.41) is 9.25. The Kier molecular flexibility index (Phi) is 4.19. The first kappa shape index (κ1) is 19.1. The van der Waals surface area contributed by atoms with Crippen LogP contribution in [0.5, 0.6) is 0 Å². The summed E-state index contributed by atoms with van der Waals surface area (Å²) in [6, 6.07) is 12.7. The second kappa shape index (κ2) is 7.23. The number of rotatable bonds is 3. The molecule has 0 fully saturated rings. The number of nitrogens with zero attached hydrogens (tertiary/aromatic N) is 4. The second-order valence-electron chi connectivity index (χ2n) is 8.02. The van der Waals surface area contributed by atoms with Gasteiger partial charge in [-0.1, -0.05) is 0 Å². The third-order valence-electron chi connectivity index (χ3n) is 5.63. The Hall–Kier alpha value is -4.59. The van der Waals surface area contributed by atoms with Gasteiger partial charge in [0.1, 0.15) is 11.5 Å². The smallest absolute Gasteiger partial charge is 0.155 e. The molecule has 0 amide bonds. The SMILES string of the molecule is Cc1cc(F)cc(-c2nccc3[nH]c(-c4n[nH]c5ncc(-c6cncc(N)c6)cc45)cc23)c1. The quantitative estimate of drug-likeness (QED) is 0.351. The van der Waals surface area contributed by atoms with Crippen LogP contribution in [0.2, 0.25) is 0 Å². The Bertz CT molecular complexity index is 1640. The zero-order valence-electron chi connectivity index (χ0n) is 17.6. The molecule has 5 aromatic heterocycles. The first-order valence-corrected chi connectivity index (χ1v) is 10.4. The number of nitrogens with two attached hydrogens (primary N) is 1. The molecule has 4 N–H and O–H groups in total. The van der Waals surface area contributed by atoms with Crippen molar-refractivity contribution in [2.24, 2.45) is 0 Å². The normalized spacial score (nSPS) is 11.5. The minimum absolute atomic E-state index is 0.285. The minimum atomic E-state index is -0.285. The number of fused-ring (bicyclic) bond motifs is 2. The molecule has 0 unspecified atom stereocenters. The molecule has 0 atom stereocenters. The predicted octanol–water partition coefficient (Wildman–Crippen LogP) is 5.26. The maximum atomic E-state index is 14.1. The van der Waals surface area contributed by atoms with Gasteiger partial charge >= 0.3 is 0 Å². The zero-order valence-corrected chi connectivity index (χ0v) is 17.6. The van der Waals surface area contributed by atoms with E-state index in [1.54, 1.807) is 24.8 Å². The molecule has 5 heterocycles. The van der Waals surface area contributed by atoms with Gasteiger partial charge in [0.2, 0.25) is 0 Å². The summed E-state index contributed by atoms with van der Waals surface area (Å²) in [7, 11) is 0. The van der Waals surface area contributed by atoms with Crippen LogP contribution in [0.25, 0.3) is 55.7 Å². The number of H-pyrrole nitrogens is 2. The molecule has 0 aliphatic rings. The van der Waals surface area contributed by atoms with E-state index in [2.05, 4.69) is 30.1 Å². The monoisotopic (exact) mass is 435 g/mol. The molecule has 0 saturated carbocycles. The van der Waals surface area contributed by atoms with E-state index in [-0.39, 0.29) is 5.82 Å². The number of hydrogen-bond acceptors (Lipinski definition) is 5. The first-order chi connectivity index (χ1) is 16.0. The summed E-state index contributed by atoms with van der Waals surface area (Å²) in [5.74, 6) is -0.285. The molecule has 0 saturated heterocycles. The molecule has 8 heteroatoms. The van der Waals surface area contributed by atoms with E-state index in [0.29, 0.717) is 17.0 Å². The molecule has 0 aliphatic heterocycles. The Morgan fingerprint density at radius 1 is 0.848 bits per heavy atom. The molecular weight excluding hydrogens is 417 g/mol. The number of aromatic nitrogens is 6. The summed E-state index contributed by atoms with van der Waals surface area (Å²) in [4.78, 5) is 16.6. The number of aryl methyl sites for hydroxylation is 1. The number of nitrogens with one attached hydrogen (secondary N) is 2. The lowest BCUT2D eigenvalue weighted by atomic mass is 10.0. The van der Waals surface area contributed by atoms with Gasteiger partial charge in [-0.05, 0) is 55.0 Å². The standard InChI is InChI=1S/C25H18FN7/c1-13-4-14(6-17(26)5-13)23-19-9-22(31-21(19)2-3-29-23)24-20-8-16(11-30-25(20)33-32-24)15-7-18(27)12-28-10-15/h2-12,31H,27H2,1H3,(H,30,32,33). The maximum absolute atomic E-state index is 14.1. The lowest BCUT2D eigenvalue weighted by Gasteiger charge is -2.04. The summed E-state index contributed by atoms with van der Waals surface area (Å²) >= 11 is 0. The fourth-order valence-electron chi connectivity index (χ4n) is 4.17. The van der Waals surface area contributed by atoms with Crippen molar-refractivity contribution < 1.29 is 4.39 Å². The second-order valence-corrected chi connectivity index (χ2v) is 8.02. The van der Waals surface area contributed by atoms with Crippen molar-refractivity contribution in [3.63, 3.8) is 0 Å². The largest absolute Gasteiger partial charge is 0.397 e. The highest BCUT2D eigenvalue weighted by Crippen LogP contribution is 2.34. The summed E-state index contributed by atoms with van der Waals surface area (Å²) in [5.41, 5.74) is 13.6. The maximum Gasteiger partial charge on any atom is 0.155 e. The van der Waals surface area contributed by atoms with Crippen molar-refractivity contribution in [1.82, 2.24) is 30.1 Å². The number of anilines is 1. The van der Waals surface area contributed by atoms with Crippen molar-refractivity contribution in [1.29, 1.82) is 0 Å². The van der Waals surface area contributed by atoms with Gasteiger partial charge in [0, 0.05) is 57.8 Å². The van der Waals surface area contributed by atoms with Gasteiger partial charge < -0.3 is 10.7 Å². The van der Waals surface area contributed by atoms with E-state index in [0.717, 1.165) is 49.9 Å². The van der Waals surface area contributed by atoms with Gasteiger partial charge in [-0.25, -0.2) is 9.37 Å². The van der Waals surface area contributed by atoms with Crippen molar-refractivity contribution in [3.05, 3.63) is 78.6 Å². The number of halogens is 1. The molecule has 7 nitrogen and oxygen atoms in total. The Morgan fingerprint density at radius 3 is 2.58 bits per heavy atom. The minimum Gasteiger partial charge on any atom is -0.397 e. The molecule has 33 heavy (non-hydrogen) atoms. The number of pyridine rings is 3. The van der Waals surface area contributed by atoms with Crippen LogP contribution in [-0.2, 0) is 0 Å². The van der Waals surface area contributed by atoms with Gasteiger partial charge in [-0.15, -0.1) is 0 Å². The van der Waals surface area contributed by atoms with E-state index in [9.17, 15) is 4.39 Å². The molecule has 0 radical (unpaired) electrons. The molecule has 1 aromatic carbocycles. The number of aromatic amines is 2. The van der Waals surface area contributed by atoms with Crippen molar-refractivity contribution >= 4 is 27.6 Å². The molecule has 0 bridgehead atoms. The third-order valence-corrected chi connectivity index (χ3v) is 5.63. The van der Waals surface area contributed by atoms with Crippen molar-refractivity contribution in [2.75, 3.05) is 5.73 Å². The lowest BCUT2D eigenvalue weighted by Crippen LogP contribution is -1.88. The Morgan fingerprint density at radius 2 is 1.73 bits per heavy atom. The number of nitrogen functional groups attached to an aromatic ring is 1. The number of hydrogen-bond donors (Lipinski definition) is 3. The van der Waals surface area contributed by atoms with Crippen LogP contribution in [0.3, 0.4) is 0 Å². The van der Waals surface area contributed by atoms with Crippen LogP contribution >= 0.6 is 0 Å². The number of benzene rings is 1. The summed E-state index contributed by atoms with van der Waals surface area (Å²) < 4.78 is 14.1. The lowest BCUT2D eigenvalue weighted by molar-refractivity contribution is 0.627. The van der Waals surface area contributed by atoms with E-state index in [1.165, 1.54) is 12.1 Å². The highest BCUT2D eigenvalue weighted by molar-refractivity contribution is 6.00. The van der Waals surface area contributed by atoms with Gasteiger partial charge in [0.25, 0.3) is 0 Å². The molecule has 6 rings (SSSR count). The highest BCUT2D eigenvalue weighted by Gasteiger charge is 2.16. The van der Waals surface area contributed by atoms with Gasteiger partial charge in [-0.3, -0.25) is 15.1 Å². The van der Waals surface area contributed by atoms with Crippen LogP contribution in [0, 0.1) is 12.7 Å². The Labute approximate surface area is 187 Å². The van der Waals surface area contributed by atoms with Gasteiger partial charge in [0.05, 0.1) is 17.1 Å². The third kappa shape index (κ3) is 3.28. The predicted molar refractivity (Wildman–Crippen MR) is 127 cm³/mol. The van der Waals surface area contributed by atoms with Crippen LogP contribution < -0.4 is 5.73 Å². The molecule has 0 aliphatic carbocycles. The van der Waals surface area contributed by atoms with Crippen molar-refractivity contribution in [2.45, 2.75) is 6.92 Å². The van der Waals surface area contributed by atoms with Gasteiger partial charge in [0.15, 0.2) is 5.65 Å². The van der Waals surface area contributed by atoms with Crippen LogP contribution in [0.15, 0.2) is 67.3 Å². The van der Waals surface area contributed by atoms with Crippen LogP contribution in [0.4, 0.5) is 10.1 Å². The van der Waals surface area contributed by atoms with E-state index >= 15 is 0 Å². The topological polar surface area (TPSA) is 109 Å². The molecule has 0 spiro atoms. The van der Waals surface area contributed by atoms with E-state index < -0.39 is 0 Å². The zero-order chi connectivity index (χ0) is 22.5. The average molecular weight is 435 g/mol. The van der Waals surface area contributed by atoms with Gasteiger partial charge in [-0.2, -0.15) is 5.10 Å². The summed E-state index contributed by atoms with van der Waals surface area (Å²) in [6.07, 6.45) is 6.84. The Balaban J connectivity index is 1.51. The average Bonchev–Trinajstić information content (AvgIpc) is 3.41. The fraction of sp³-hybridized carbons (Fsp3) is 0.0400. The fourth-order valence-corrected chi connectivity index (χ4v) is 4.17. The molecule has 6 aromatic rings. The molecule has 160 valence electrons. The first-order valence-electron chi connectivity index (χ1n) is 10.4. The highest BCUT2D eigenvalue weighted by atomic mass is 19.1. The van der Waals surface area contributed by atoms with Crippen LogP contribution in [-0.4, -0.2) is 30.1 Å². The van der Waals surface area contributed by atoms with E-state index in [1.807, 2.05) is 37.3 Å².